The highest BCUT2D eigenvalue weighted by Crippen LogP contribution is 2.31. The molecule has 1 amide bonds. The highest BCUT2D eigenvalue weighted by Gasteiger charge is 2.34. The van der Waals surface area contributed by atoms with Crippen LogP contribution in [0.3, 0.4) is 0 Å². The van der Waals surface area contributed by atoms with Gasteiger partial charge in [0.1, 0.15) is 10.6 Å². The van der Waals surface area contributed by atoms with Crippen molar-refractivity contribution in [1.82, 2.24) is 14.4 Å². The lowest BCUT2D eigenvalue weighted by Gasteiger charge is -2.35. The fourth-order valence-corrected chi connectivity index (χ4v) is 5.32. The summed E-state index contributed by atoms with van der Waals surface area (Å²) in [5.74, 6) is 1.39. The number of carbonyl (C=O) groups excluding carboxylic acids is 1. The number of piperazine rings is 1. The van der Waals surface area contributed by atoms with Crippen LogP contribution in [0.4, 0.5) is 5.69 Å². The van der Waals surface area contributed by atoms with Crippen molar-refractivity contribution < 1.29 is 27.2 Å². The fraction of sp³-hybridized carbons (Fsp3) is 0.500. The van der Waals surface area contributed by atoms with E-state index in [1.807, 2.05) is 18.0 Å². The molecule has 0 radical (unpaired) electrons. The fourth-order valence-electron chi connectivity index (χ4n) is 3.61. The first-order chi connectivity index (χ1) is 14.7. The first kappa shape index (κ1) is 22.9. The minimum Gasteiger partial charge on any atom is -0.493 e. The van der Waals surface area contributed by atoms with Crippen molar-refractivity contribution in [3.8, 4) is 11.5 Å². The topological polar surface area (TPSA) is 105 Å². The average molecular weight is 453 g/mol. The molecule has 31 heavy (non-hydrogen) atoms. The Balaban J connectivity index is 1.62. The maximum atomic E-state index is 12.9. The van der Waals surface area contributed by atoms with Crippen molar-refractivity contribution in [2.24, 2.45) is 0 Å². The maximum absolute atomic E-state index is 12.9. The van der Waals surface area contributed by atoms with Gasteiger partial charge in [-0.05, 0) is 26.0 Å². The van der Waals surface area contributed by atoms with E-state index in [2.05, 4.69) is 5.16 Å². The van der Waals surface area contributed by atoms with Gasteiger partial charge in [-0.2, -0.15) is 4.31 Å². The van der Waals surface area contributed by atoms with Gasteiger partial charge in [0.2, 0.25) is 15.9 Å². The molecule has 1 aromatic carbocycles. The normalized spacial score (nSPS) is 15.1. The highest BCUT2D eigenvalue weighted by atomic mass is 32.2. The van der Waals surface area contributed by atoms with E-state index in [4.69, 9.17) is 14.0 Å². The highest BCUT2D eigenvalue weighted by molar-refractivity contribution is 7.89. The molecule has 1 aliphatic rings. The predicted molar refractivity (Wildman–Crippen MR) is 114 cm³/mol. The molecule has 1 aromatic heterocycles. The van der Waals surface area contributed by atoms with E-state index in [1.54, 1.807) is 45.1 Å². The molecule has 1 aliphatic heterocycles. The first-order valence-corrected chi connectivity index (χ1v) is 11.3. The molecule has 3 rings (SSSR count). The number of methoxy groups -OCH3 is 2. The minimum atomic E-state index is -3.71. The van der Waals surface area contributed by atoms with Crippen LogP contribution in [0.5, 0.6) is 11.5 Å². The molecule has 0 bridgehead atoms. The van der Waals surface area contributed by atoms with Gasteiger partial charge in [-0.1, -0.05) is 5.16 Å². The average Bonchev–Trinajstić information content (AvgIpc) is 3.11. The Morgan fingerprint density at radius 1 is 1.13 bits per heavy atom. The lowest BCUT2D eigenvalue weighted by atomic mass is 10.2. The van der Waals surface area contributed by atoms with E-state index < -0.39 is 10.0 Å². The summed E-state index contributed by atoms with van der Waals surface area (Å²) < 4.78 is 42.8. The second-order valence-electron chi connectivity index (χ2n) is 7.33. The molecule has 0 aliphatic carbocycles. The van der Waals surface area contributed by atoms with Crippen LogP contribution in [0.1, 0.15) is 11.5 Å². The van der Waals surface area contributed by atoms with Crippen LogP contribution in [0.25, 0.3) is 0 Å². The molecule has 0 unspecified atom stereocenters. The zero-order valence-electron chi connectivity index (χ0n) is 18.4. The van der Waals surface area contributed by atoms with Gasteiger partial charge < -0.3 is 23.8 Å². The number of hydrogen-bond acceptors (Lipinski definition) is 8. The SMILES string of the molecule is COc1ccc(N(C)CC(=O)N2CCN(S(=O)(=O)c3c(C)noc3C)CC2)cc1OC. The first-order valence-electron chi connectivity index (χ1n) is 9.83. The second-order valence-corrected chi connectivity index (χ2v) is 9.21. The van der Waals surface area contributed by atoms with Gasteiger partial charge in [-0.25, -0.2) is 8.42 Å². The quantitative estimate of drug-likeness (QED) is 0.619. The van der Waals surface area contributed by atoms with Gasteiger partial charge in [0.25, 0.3) is 0 Å². The van der Waals surface area contributed by atoms with E-state index in [0.717, 1.165) is 5.69 Å². The second kappa shape index (κ2) is 9.15. The molecule has 1 fully saturated rings. The van der Waals surface area contributed by atoms with E-state index >= 15 is 0 Å². The van der Waals surface area contributed by atoms with Crippen LogP contribution in [0.2, 0.25) is 0 Å². The number of anilines is 1. The van der Waals surface area contributed by atoms with Crippen molar-refractivity contribution in [2.45, 2.75) is 18.7 Å². The third kappa shape index (κ3) is 4.62. The molecule has 11 heteroatoms. The summed E-state index contributed by atoms with van der Waals surface area (Å²) >= 11 is 0. The molecule has 0 saturated carbocycles. The number of sulfonamides is 1. The van der Waals surface area contributed by atoms with Crippen LogP contribution < -0.4 is 14.4 Å². The summed E-state index contributed by atoms with van der Waals surface area (Å²) in [4.78, 5) is 16.4. The minimum absolute atomic E-state index is 0.0772. The third-order valence-electron chi connectivity index (χ3n) is 5.34. The van der Waals surface area contributed by atoms with E-state index in [-0.39, 0.29) is 36.2 Å². The molecule has 10 nitrogen and oxygen atoms in total. The number of aromatic nitrogens is 1. The molecule has 1 saturated heterocycles. The van der Waals surface area contributed by atoms with Gasteiger partial charge in [-0.15, -0.1) is 0 Å². The molecule has 2 aromatic rings. The van der Waals surface area contributed by atoms with Gasteiger partial charge >= 0.3 is 0 Å². The summed E-state index contributed by atoms with van der Waals surface area (Å²) in [7, 11) is 1.23. The lowest BCUT2D eigenvalue weighted by Crippen LogP contribution is -2.52. The van der Waals surface area contributed by atoms with E-state index in [0.29, 0.717) is 30.3 Å². The number of amides is 1. The monoisotopic (exact) mass is 452 g/mol. The van der Waals surface area contributed by atoms with Crippen molar-refractivity contribution in [3.63, 3.8) is 0 Å². The summed E-state index contributed by atoms with van der Waals surface area (Å²) in [5.41, 5.74) is 1.15. The Kier molecular flexibility index (Phi) is 6.75. The van der Waals surface area contributed by atoms with Crippen LogP contribution in [-0.2, 0) is 14.8 Å². The maximum Gasteiger partial charge on any atom is 0.248 e. The van der Waals surface area contributed by atoms with Crippen LogP contribution in [0, 0.1) is 13.8 Å². The third-order valence-corrected chi connectivity index (χ3v) is 7.48. The largest absolute Gasteiger partial charge is 0.493 e. The predicted octanol–water partition coefficient (Wildman–Crippen LogP) is 1.28. The number of aryl methyl sites for hydroxylation is 2. The Morgan fingerprint density at radius 2 is 1.77 bits per heavy atom. The summed E-state index contributed by atoms with van der Waals surface area (Å²) in [6.45, 7) is 4.43. The van der Waals surface area contributed by atoms with Gasteiger partial charge in [0.15, 0.2) is 17.3 Å². The number of benzene rings is 1. The smallest absolute Gasteiger partial charge is 0.248 e. The Bertz CT molecular complexity index is 1020. The number of rotatable bonds is 7. The van der Waals surface area contributed by atoms with Gasteiger partial charge in [-0.3, -0.25) is 4.79 Å². The Hall–Kier alpha value is -2.79. The van der Waals surface area contributed by atoms with Crippen LogP contribution in [-0.4, -0.2) is 82.7 Å². The van der Waals surface area contributed by atoms with Gasteiger partial charge in [0.05, 0.1) is 20.8 Å². The molecular formula is C20H28N4O6S. The lowest BCUT2D eigenvalue weighted by molar-refractivity contribution is -0.130. The number of likely N-dealkylation sites (N-methyl/N-ethyl adjacent to an activating group) is 1. The van der Waals surface area contributed by atoms with E-state index in [1.165, 1.54) is 4.31 Å². The number of hydrogen-bond donors (Lipinski definition) is 0. The number of nitrogens with zero attached hydrogens (tertiary/aromatic N) is 4. The Labute approximate surface area is 182 Å². The summed E-state index contributed by atoms with van der Waals surface area (Å²) in [6, 6.07) is 5.44. The molecule has 0 N–H and O–H groups in total. The summed E-state index contributed by atoms with van der Waals surface area (Å²) in [6.07, 6.45) is 0. The molecular weight excluding hydrogens is 424 g/mol. The summed E-state index contributed by atoms with van der Waals surface area (Å²) in [5, 5.41) is 3.74. The van der Waals surface area contributed by atoms with Crippen molar-refractivity contribution in [1.29, 1.82) is 0 Å². The molecule has 2 heterocycles. The number of ether oxygens (including phenoxy) is 2. The standard InChI is InChI=1S/C20H28N4O6S/c1-14-20(15(2)30-21-14)31(26,27)24-10-8-23(9-11-24)19(25)13-22(3)16-6-7-17(28-4)18(12-16)29-5/h6-7,12H,8-11,13H2,1-5H3. The van der Waals surface area contributed by atoms with Crippen molar-refractivity contribution in [3.05, 3.63) is 29.7 Å². The number of carbonyl (C=O) groups is 1. The van der Waals surface area contributed by atoms with Crippen molar-refractivity contribution >= 4 is 21.6 Å². The van der Waals surface area contributed by atoms with Gasteiger partial charge in [0, 0.05) is 45.0 Å². The molecule has 0 spiro atoms. The van der Waals surface area contributed by atoms with Crippen molar-refractivity contribution in [2.75, 3.05) is 58.9 Å². The Morgan fingerprint density at radius 3 is 2.32 bits per heavy atom. The van der Waals surface area contributed by atoms with E-state index in [9.17, 15) is 13.2 Å². The zero-order chi connectivity index (χ0) is 22.8. The van der Waals surface area contributed by atoms with Crippen LogP contribution >= 0.6 is 0 Å². The van der Waals surface area contributed by atoms with Crippen LogP contribution in [0.15, 0.2) is 27.6 Å². The zero-order valence-corrected chi connectivity index (χ0v) is 19.2. The molecule has 170 valence electrons. The molecule has 0 atom stereocenters.